The largest absolute Gasteiger partial charge is 0.572 e. The van der Waals surface area contributed by atoms with Gasteiger partial charge in [0.25, 0.3) is 0 Å². The first kappa shape index (κ1) is 12.1. The maximum Gasteiger partial charge on any atom is 0.572 e. The van der Waals surface area contributed by atoms with E-state index in [1.165, 1.54) is 0 Å². The highest BCUT2D eigenvalue weighted by molar-refractivity contribution is 6.32. The van der Waals surface area contributed by atoms with Crippen LogP contribution in [-0.4, -0.2) is 24.7 Å². The van der Waals surface area contributed by atoms with Gasteiger partial charge in [0.05, 0.1) is 5.60 Å². The van der Waals surface area contributed by atoms with E-state index in [0.29, 0.717) is 0 Å². The minimum Gasteiger partial charge on any atom is -0.388 e. The molecule has 0 aliphatic heterocycles. The van der Waals surface area contributed by atoms with E-state index in [2.05, 4.69) is 20.8 Å². The van der Waals surface area contributed by atoms with Gasteiger partial charge < -0.3 is 14.0 Å². The van der Waals surface area contributed by atoms with Crippen LogP contribution in [0.25, 0.3) is 0 Å². The fourth-order valence-electron chi connectivity index (χ4n) is 1.56. The lowest BCUT2D eigenvalue weighted by Gasteiger charge is -2.32. The first-order valence-corrected chi connectivity index (χ1v) is 5.37. The van der Waals surface area contributed by atoms with Crippen molar-refractivity contribution >= 4 is 9.53 Å². The fourth-order valence-corrected chi connectivity index (χ4v) is 2.13. The lowest BCUT2D eigenvalue weighted by molar-refractivity contribution is 0.0176. The molecule has 0 aromatic carbocycles. The monoisotopic (exact) mass is 191 g/mol. The highest BCUT2D eigenvalue weighted by Gasteiger charge is 2.29. The van der Waals surface area contributed by atoms with Gasteiger partial charge in [-0.1, -0.05) is 20.8 Å². The molecule has 0 saturated carbocycles. The molecule has 0 aromatic heterocycles. The third-order valence-electron chi connectivity index (χ3n) is 1.32. The molecule has 0 unspecified atom stereocenters. The normalized spacial score (nSPS) is 14.0. The maximum absolute atomic E-state index is 8.72. The zero-order valence-corrected chi connectivity index (χ0v) is 9.51. The van der Waals surface area contributed by atoms with Crippen LogP contribution in [0.4, 0.5) is 0 Å². The average molecular weight is 191 g/mol. The Balaban J connectivity index is 4.04. The molecular weight excluding hydrogens is 172 g/mol. The van der Waals surface area contributed by atoms with Crippen LogP contribution in [-0.2, 0) is 4.43 Å². The average Bonchev–Trinajstić information content (AvgIpc) is 1.48. The molecule has 73 valence electrons. The molecule has 1 radical (unpaired) electrons. The van der Waals surface area contributed by atoms with Gasteiger partial charge in [-0.15, -0.1) is 0 Å². The fraction of sp³-hybridized carbons (Fsp3) is 1.00. The summed E-state index contributed by atoms with van der Waals surface area (Å²) < 4.78 is 5.03. The van der Waals surface area contributed by atoms with Crippen LogP contribution in [0.5, 0.6) is 0 Å². The number of rotatable bonds is 3. The third kappa shape index (κ3) is 6.79. The van der Waals surface area contributed by atoms with Crippen molar-refractivity contribution in [3.05, 3.63) is 0 Å². The van der Waals surface area contributed by atoms with E-state index >= 15 is 0 Å². The van der Waals surface area contributed by atoms with Gasteiger partial charge in [-0.2, -0.15) is 0 Å². The quantitative estimate of drug-likeness (QED) is 0.659. The number of hydrogen-bond acceptors (Lipinski definition) is 3. The molecule has 2 N–H and O–H groups in total. The molecule has 0 aliphatic rings. The second-order valence-electron chi connectivity index (χ2n) is 4.88. The molecule has 0 fully saturated rings. The van der Waals surface area contributed by atoms with Crippen molar-refractivity contribution in [2.75, 3.05) is 0 Å². The summed E-state index contributed by atoms with van der Waals surface area (Å²) in [6.07, 6.45) is 0.801. The topological polar surface area (TPSA) is 49.7 Å². The molecule has 0 spiro atoms. The molecule has 0 atom stereocenters. The van der Waals surface area contributed by atoms with Crippen molar-refractivity contribution in [3.63, 3.8) is 0 Å². The molecule has 12 heavy (non-hydrogen) atoms. The second kappa shape index (κ2) is 3.87. The molecule has 4 heteroatoms. The molecule has 0 aromatic rings. The first-order chi connectivity index (χ1) is 5.12. The van der Waals surface area contributed by atoms with Gasteiger partial charge >= 0.3 is 9.53 Å². The minimum atomic E-state index is -2.56. The summed E-state index contributed by atoms with van der Waals surface area (Å²) >= 11 is 0. The predicted molar refractivity (Wildman–Crippen MR) is 49.4 cm³/mol. The summed E-state index contributed by atoms with van der Waals surface area (Å²) in [7, 11) is -2.56. The van der Waals surface area contributed by atoms with E-state index in [1.54, 1.807) is 0 Å². The summed E-state index contributed by atoms with van der Waals surface area (Å²) in [6, 6.07) is 0. The van der Waals surface area contributed by atoms with Gasteiger partial charge in [-0.05, 0) is 25.7 Å². The number of hydrogen-bond donors (Lipinski definition) is 2. The smallest absolute Gasteiger partial charge is 0.388 e. The van der Waals surface area contributed by atoms with Crippen LogP contribution in [0.2, 0.25) is 0 Å². The van der Waals surface area contributed by atoms with E-state index < -0.39 is 15.1 Å². The van der Waals surface area contributed by atoms with E-state index in [-0.39, 0.29) is 5.41 Å². The van der Waals surface area contributed by atoms with Crippen LogP contribution in [0.15, 0.2) is 0 Å². The Kier molecular flexibility index (Phi) is 3.90. The Hall–Kier alpha value is 0.0969. The molecular formula is C8H19O3Si. The van der Waals surface area contributed by atoms with Crippen molar-refractivity contribution in [3.8, 4) is 0 Å². The van der Waals surface area contributed by atoms with Gasteiger partial charge in [0.15, 0.2) is 0 Å². The molecule has 0 amide bonds. The van der Waals surface area contributed by atoms with Crippen molar-refractivity contribution in [1.29, 1.82) is 0 Å². The van der Waals surface area contributed by atoms with Crippen LogP contribution in [0.1, 0.15) is 41.0 Å². The van der Waals surface area contributed by atoms with Gasteiger partial charge in [0.1, 0.15) is 0 Å². The van der Waals surface area contributed by atoms with Gasteiger partial charge in [0.2, 0.25) is 0 Å². The summed E-state index contributed by atoms with van der Waals surface area (Å²) in [5.41, 5.74) is -0.309. The molecule has 0 bridgehead atoms. The molecule has 0 rings (SSSR count). The predicted octanol–water partition coefficient (Wildman–Crippen LogP) is 1.19. The van der Waals surface area contributed by atoms with E-state index in [1.807, 2.05) is 13.8 Å². The van der Waals surface area contributed by atoms with Gasteiger partial charge in [0, 0.05) is 0 Å². The molecule has 0 heterocycles. The Labute approximate surface area is 76.3 Å². The third-order valence-corrected chi connectivity index (χ3v) is 2.06. The lowest BCUT2D eigenvalue weighted by atomic mass is 9.84. The Bertz CT molecular complexity index is 138. The second-order valence-corrected chi connectivity index (χ2v) is 5.65. The molecule has 0 saturated heterocycles. The zero-order valence-electron chi connectivity index (χ0n) is 8.51. The van der Waals surface area contributed by atoms with Crippen LogP contribution in [0, 0.1) is 5.41 Å². The molecule has 0 aliphatic carbocycles. The maximum atomic E-state index is 8.72. The van der Waals surface area contributed by atoms with Gasteiger partial charge in [-0.3, -0.25) is 0 Å². The van der Waals surface area contributed by atoms with Crippen molar-refractivity contribution in [2.45, 2.75) is 46.6 Å². The van der Waals surface area contributed by atoms with Crippen LogP contribution in [0.3, 0.4) is 0 Å². The lowest BCUT2D eigenvalue weighted by Crippen LogP contribution is -2.36. The van der Waals surface area contributed by atoms with E-state index in [4.69, 9.17) is 14.0 Å². The van der Waals surface area contributed by atoms with Crippen molar-refractivity contribution < 1.29 is 14.0 Å². The highest BCUT2D eigenvalue weighted by Crippen LogP contribution is 2.29. The molecule has 3 nitrogen and oxygen atoms in total. The van der Waals surface area contributed by atoms with E-state index in [0.717, 1.165) is 6.42 Å². The first-order valence-electron chi connectivity index (χ1n) is 4.06. The summed E-state index contributed by atoms with van der Waals surface area (Å²) in [5.74, 6) is 0. The summed E-state index contributed by atoms with van der Waals surface area (Å²) in [5, 5.41) is 0. The Morgan fingerprint density at radius 1 is 1.08 bits per heavy atom. The Morgan fingerprint density at radius 3 is 1.75 bits per heavy atom. The zero-order chi connectivity index (χ0) is 9.99. The van der Waals surface area contributed by atoms with Crippen LogP contribution >= 0.6 is 0 Å². The Morgan fingerprint density at radius 2 is 1.50 bits per heavy atom. The highest BCUT2D eigenvalue weighted by atomic mass is 28.3. The van der Waals surface area contributed by atoms with Crippen LogP contribution < -0.4 is 0 Å². The SMILES string of the molecule is CC(C)(C)CC(C)(C)O[Si](O)O. The van der Waals surface area contributed by atoms with E-state index in [9.17, 15) is 0 Å². The van der Waals surface area contributed by atoms with Crippen molar-refractivity contribution in [2.24, 2.45) is 5.41 Å². The van der Waals surface area contributed by atoms with Gasteiger partial charge in [-0.25, -0.2) is 0 Å². The van der Waals surface area contributed by atoms with Crippen molar-refractivity contribution in [1.82, 2.24) is 0 Å². The summed E-state index contributed by atoms with van der Waals surface area (Å²) in [6.45, 7) is 10.0. The summed E-state index contributed by atoms with van der Waals surface area (Å²) in [4.78, 5) is 17.4. The minimum absolute atomic E-state index is 0.140. The standard InChI is InChI=1S/C8H19O3Si/c1-7(2,3)6-8(4,5)11-12(9)10/h9-10H,6H2,1-5H3.